The number of nitrogens with zero attached hydrogens (tertiary/aromatic N) is 3. The first-order chi connectivity index (χ1) is 11.8. The Morgan fingerprint density at radius 3 is 3.08 bits per heavy atom. The van der Waals surface area contributed by atoms with Crippen LogP contribution in [-0.2, 0) is 19.5 Å². The molecule has 2 aromatic rings. The molecule has 1 saturated heterocycles. The summed E-state index contributed by atoms with van der Waals surface area (Å²) in [5.74, 6) is 2.95. The van der Waals surface area contributed by atoms with Crippen molar-refractivity contribution >= 4 is 0 Å². The zero-order valence-electron chi connectivity index (χ0n) is 14.9. The Labute approximate surface area is 145 Å². The van der Waals surface area contributed by atoms with Gasteiger partial charge >= 0.3 is 0 Å². The molecular formula is C20H29N3O. The van der Waals surface area contributed by atoms with Gasteiger partial charge in [0, 0.05) is 25.5 Å². The zero-order valence-corrected chi connectivity index (χ0v) is 14.9. The molecule has 1 aromatic carbocycles. The van der Waals surface area contributed by atoms with Crippen LogP contribution in [0.4, 0.5) is 0 Å². The lowest BCUT2D eigenvalue weighted by Gasteiger charge is -2.32. The number of hydrogen-bond donors (Lipinski definition) is 0. The highest BCUT2D eigenvalue weighted by Gasteiger charge is 2.21. The van der Waals surface area contributed by atoms with Crippen LogP contribution in [0.15, 0.2) is 36.7 Å². The Morgan fingerprint density at radius 2 is 2.25 bits per heavy atom. The Kier molecular flexibility index (Phi) is 5.91. The van der Waals surface area contributed by atoms with Crippen LogP contribution in [-0.4, -0.2) is 34.7 Å². The summed E-state index contributed by atoms with van der Waals surface area (Å²) in [6.07, 6.45) is 9.05. The lowest BCUT2D eigenvalue weighted by Crippen LogP contribution is -2.35. The fourth-order valence-electron chi connectivity index (χ4n) is 3.71. The smallest absolute Gasteiger partial charge is 0.122 e. The molecule has 24 heavy (non-hydrogen) atoms. The SMILES string of the molecule is CCn1ccnc1CN1CCC[C@H](CCc2cccc(OC)c2)C1. The molecule has 2 heterocycles. The topological polar surface area (TPSA) is 30.3 Å². The van der Waals surface area contributed by atoms with Crippen LogP contribution in [0.2, 0.25) is 0 Å². The summed E-state index contributed by atoms with van der Waals surface area (Å²) in [5.41, 5.74) is 1.38. The fraction of sp³-hybridized carbons (Fsp3) is 0.550. The molecule has 0 unspecified atom stereocenters. The molecule has 0 amide bonds. The number of methoxy groups -OCH3 is 1. The van der Waals surface area contributed by atoms with Crippen molar-refractivity contribution in [3.63, 3.8) is 0 Å². The standard InChI is InChI=1S/C20H29N3O/c1-3-23-13-11-21-20(23)16-22-12-5-7-18(15-22)10-9-17-6-4-8-19(14-17)24-2/h4,6,8,11,13-14,18H,3,5,7,9-10,12,15-16H2,1-2H3/t18-/m1/s1. The fourth-order valence-corrected chi connectivity index (χ4v) is 3.71. The van der Waals surface area contributed by atoms with Crippen molar-refractivity contribution in [2.45, 2.75) is 45.7 Å². The van der Waals surface area contributed by atoms with E-state index in [1.54, 1.807) is 7.11 Å². The molecule has 0 saturated carbocycles. The van der Waals surface area contributed by atoms with Crippen molar-refractivity contribution in [3.05, 3.63) is 48.0 Å². The van der Waals surface area contributed by atoms with Gasteiger partial charge in [0.25, 0.3) is 0 Å². The summed E-state index contributed by atoms with van der Waals surface area (Å²) in [4.78, 5) is 7.10. The quantitative estimate of drug-likeness (QED) is 0.776. The van der Waals surface area contributed by atoms with Gasteiger partial charge in [-0.15, -0.1) is 0 Å². The van der Waals surface area contributed by atoms with Gasteiger partial charge in [-0.1, -0.05) is 12.1 Å². The average Bonchev–Trinajstić information content (AvgIpc) is 3.07. The summed E-state index contributed by atoms with van der Waals surface area (Å²) >= 11 is 0. The maximum atomic E-state index is 5.33. The minimum absolute atomic E-state index is 0.787. The minimum Gasteiger partial charge on any atom is -0.497 e. The lowest BCUT2D eigenvalue weighted by molar-refractivity contribution is 0.157. The summed E-state index contributed by atoms with van der Waals surface area (Å²) < 4.78 is 7.58. The van der Waals surface area contributed by atoms with Gasteiger partial charge in [0.05, 0.1) is 13.7 Å². The Balaban J connectivity index is 1.52. The normalized spacial score (nSPS) is 18.7. The maximum Gasteiger partial charge on any atom is 0.122 e. The van der Waals surface area contributed by atoms with E-state index in [-0.39, 0.29) is 0 Å². The number of likely N-dealkylation sites (tertiary alicyclic amines) is 1. The molecule has 130 valence electrons. The number of benzene rings is 1. The predicted octanol–water partition coefficient (Wildman–Crippen LogP) is 3.76. The largest absolute Gasteiger partial charge is 0.497 e. The number of imidazole rings is 1. The molecule has 1 aliphatic rings. The van der Waals surface area contributed by atoms with Crippen molar-refractivity contribution < 1.29 is 4.74 Å². The molecule has 1 atom stereocenters. The third-order valence-electron chi connectivity index (χ3n) is 5.09. The second-order valence-corrected chi connectivity index (χ2v) is 6.76. The van der Waals surface area contributed by atoms with Crippen LogP contribution in [0.3, 0.4) is 0 Å². The van der Waals surface area contributed by atoms with Crippen LogP contribution in [0.25, 0.3) is 0 Å². The first kappa shape index (κ1) is 17.0. The number of rotatable bonds is 7. The van der Waals surface area contributed by atoms with Crippen LogP contribution in [0.1, 0.15) is 37.6 Å². The van der Waals surface area contributed by atoms with Gasteiger partial charge in [-0.2, -0.15) is 0 Å². The zero-order chi connectivity index (χ0) is 16.8. The van der Waals surface area contributed by atoms with E-state index < -0.39 is 0 Å². The van der Waals surface area contributed by atoms with E-state index in [1.165, 1.54) is 43.7 Å². The Morgan fingerprint density at radius 1 is 1.33 bits per heavy atom. The predicted molar refractivity (Wildman–Crippen MR) is 97.2 cm³/mol. The van der Waals surface area contributed by atoms with Crippen LogP contribution >= 0.6 is 0 Å². The third-order valence-corrected chi connectivity index (χ3v) is 5.09. The van der Waals surface area contributed by atoms with Crippen LogP contribution in [0, 0.1) is 5.92 Å². The van der Waals surface area contributed by atoms with E-state index in [9.17, 15) is 0 Å². The third kappa shape index (κ3) is 4.38. The number of piperidine rings is 1. The molecule has 1 aliphatic heterocycles. The first-order valence-electron chi connectivity index (χ1n) is 9.13. The molecular weight excluding hydrogens is 298 g/mol. The van der Waals surface area contributed by atoms with Crippen molar-refractivity contribution in [3.8, 4) is 5.75 Å². The van der Waals surface area contributed by atoms with E-state index in [2.05, 4.69) is 45.8 Å². The van der Waals surface area contributed by atoms with E-state index in [0.29, 0.717) is 0 Å². The van der Waals surface area contributed by atoms with Gasteiger partial charge < -0.3 is 9.30 Å². The van der Waals surface area contributed by atoms with E-state index in [1.807, 2.05) is 12.3 Å². The van der Waals surface area contributed by atoms with Crippen molar-refractivity contribution in [2.75, 3.05) is 20.2 Å². The number of aromatic nitrogens is 2. The van der Waals surface area contributed by atoms with Gasteiger partial charge in [0.1, 0.15) is 11.6 Å². The molecule has 0 aliphatic carbocycles. The molecule has 1 aromatic heterocycles. The minimum atomic E-state index is 0.787. The second kappa shape index (κ2) is 8.34. The van der Waals surface area contributed by atoms with E-state index in [0.717, 1.165) is 31.2 Å². The lowest BCUT2D eigenvalue weighted by atomic mass is 9.91. The van der Waals surface area contributed by atoms with Crippen molar-refractivity contribution in [1.29, 1.82) is 0 Å². The molecule has 4 nitrogen and oxygen atoms in total. The van der Waals surface area contributed by atoms with Crippen LogP contribution in [0.5, 0.6) is 5.75 Å². The number of ether oxygens (including phenoxy) is 1. The maximum absolute atomic E-state index is 5.33. The number of aryl methyl sites for hydroxylation is 2. The summed E-state index contributed by atoms with van der Waals surface area (Å²) in [5, 5.41) is 0. The molecule has 4 heteroatoms. The highest BCUT2D eigenvalue weighted by Crippen LogP contribution is 2.23. The molecule has 0 spiro atoms. The molecule has 0 radical (unpaired) electrons. The summed E-state index contributed by atoms with van der Waals surface area (Å²) in [6, 6.07) is 8.48. The number of hydrogen-bond acceptors (Lipinski definition) is 3. The van der Waals surface area contributed by atoms with Gasteiger partial charge in [0.15, 0.2) is 0 Å². The Bertz CT molecular complexity index is 637. The van der Waals surface area contributed by atoms with Gasteiger partial charge in [-0.3, -0.25) is 4.90 Å². The van der Waals surface area contributed by atoms with Gasteiger partial charge in [0.2, 0.25) is 0 Å². The van der Waals surface area contributed by atoms with Gasteiger partial charge in [-0.25, -0.2) is 4.98 Å². The summed E-state index contributed by atoms with van der Waals surface area (Å²) in [7, 11) is 1.73. The molecule has 1 fully saturated rings. The molecule has 0 bridgehead atoms. The molecule has 0 N–H and O–H groups in total. The Hall–Kier alpha value is -1.81. The van der Waals surface area contributed by atoms with Gasteiger partial charge in [-0.05, 0) is 62.8 Å². The van der Waals surface area contributed by atoms with Crippen molar-refractivity contribution in [2.24, 2.45) is 5.92 Å². The average molecular weight is 327 g/mol. The van der Waals surface area contributed by atoms with Crippen LogP contribution < -0.4 is 4.74 Å². The van der Waals surface area contributed by atoms with E-state index in [4.69, 9.17) is 4.74 Å². The second-order valence-electron chi connectivity index (χ2n) is 6.76. The van der Waals surface area contributed by atoms with Crippen molar-refractivity contribution in [1.82, 2.24) is 14.5 Å². The first-order valence-corrected chi connectivity index (χ1v) is 9.13. The summed E-state index contributed by atoms with van der Waals surface area (Å²) in [6.45, 7) is 6.56. The monoisotopic (exact) mass is 327 g/mol. The highest BCUT2D eigenvalue weighted by molar-refractivity contribution is 5.28. The highest BCUT2D eigenvalue weighted by atomic mass is 16.5. The molecule has 3 rings (SSSR count). The van der Waals surface area contributed by atoms with E-state index >= 15 is 0 Å².